The fourth-order valence-electron chi connectivity index (χ4n) is 2.88. The summed E-state index contributed by atoms with van der Waals surface area (Å²) in [6.07, 6.45) is 1.02. The number of sulfonamides is 1. The number of benzene rings is 1. The lowest BCUT2D eigenvalue weighted by Crippen LogP contribution is -2.46. The van der Waals surface area contributed by atoms with Crippen LogP contribution in [-0.2, 0) is 14.8 Å². The van der Waals surface area contributed by atoms with Crippen LogP contribution >= 0.6 is 0 Å². The van der Waals surface area contributed by atoms with Crippen molar-refractivity contribution in [2.75, 3.05) is 15.9 Å². The molecule has 1 atom stereocenters. The third-order valence-corrected chi connectivity index (χ3v) is 5.38. The highest BCUT2D eigenvalue weighted by Crippen LogP contribution is 2.21. The van der Waals surface area contributed by atoms with E-state index in [4.69, 9.17) is 0 Å². The molecule has 1 aromatic carbocycles. The summed E-state index contributed by atoms with van der Waals surface area (Å²) in [5, 5.41) is 5.26. The quantitative estimate of drug-likeness (QED) is 0.648. The summed E-state index contributed by atoms with van der Waals surface area (Å²) in [5.41, 5.74) is 0.0512. The van der Waals surface area contributed by atoms with Gasteiger partial charge in [0.25, 0.3) is 11.3 Å². The molecule has 2 aromatic heterocycles. The first-order valence-electron chi connectivity index (χ1n) is 8.41. The van der Waals surface area contributed by atoms with Gasteiger partial charge in [-0.2, -0.15) is 9.50 Å². The van der Waals surface area contributed by atoms with Crippen molar-refractivity contribution in [3.63, 3.8) is 0 Å². The highest BCUT2D eigenvalue weighted by atomic mass is 32.2. The second-order valence-electron chi connectivity index (χ2n) is 6.38. The van der Waals surface area contributed by atoms with E-state index in [1.165, 1.54) is 6.92 Å². The van der Waals surface area contributed by atoms with Crippen molar-refractivity contribution in [3.05, 3.63) is 52.2 Å². The molecule has 0 saturated carbocycles. The Balaban J connectivity index is 1.98. The maximum Gasteiger partial charge on any atom is 0.298 e. The van der Waals surface area contributed by atoms with Gasteiger partial charge < -0.3 is 5.32 Å². The largest absolute Gasteiger partial charge is 0.318 e. The fourth-order valence-corrected chi connectivity index (χ4v) is 4.06. The number of carbonyl (C=O) groups excluding carboxylic acids is 1. The third kappa shape index (κ3) is 3.60. The van der Waals surface area contributed by atoms with Crippen molar-refractivity contribution in [1.29, 1.82) is 0 Å². The van der Waals surface area contributed by atoms with Gasteiger partial charge in [0.15, 0.2) is 0 Å². The molecule has 11 heteroatoms. The average molecular weight is 404 g/mol. The molecular formula is C17H20N6O4S. The van der Waals surface area contributed by atoms with E-state index in [1.807, 2.05) is 0 Å². The first-order chi connectivity index (χ1) is 13.1. The number of aromatic nitrogens is 4. The fraction of sp³-hybridized carbons (Fsp3) is 0.294. The highest BCUT2D eigenvalue weighted by molar-refractivity contribution is 7.92. The molecule has 148 valence electrons. The predicted molar refractivity (Wildman–Crippen MR) is 105 cm³/mol. The Morgan fingerprint density at radius 3 is 2.46 bits per heavy atom. The molecule has 28 heavy (non-hydrogen) atoms. The lowest BCUT2D eigenvalue weighted by Gasteiger charge is -2.28. The van der Waals surface area contributed by atoms with Gasteiger partial charge in [-0.3, -0.25) is 19.0 Å². The number of fused-ring (bicyclic) bond motifs is 1. The number of hydrogen-bond donors (Lipinski definition) is 2. The Labute approximate surface area is 161 Å². The molecule has 0 fully saturated rings. The SMILES string of the molecule is Cc1nc2nc(C)c(NC(=O)C(C)N(c3ccccc3)S(C)(=O)=O)c(=O)n2[nH]1. The zero-order valence-electron chi connectivity index (χ0n) is 15.8. The van der Waals surface area contributed by atoms with Crippen LogP contribution in [0.1, 0.15) is 18.4 Å². The zero-order chi connectivity index (χ0) is 20.6. The van der Waals surface area contributed by atoms with Crippen molar-refractivity contribution < 1.29 is 13.2 Å². The molecular weight excluding hydrogens is 384 g/mol. The zero-order valence-corrected chi connectivity index (χ0v) is 16.6. The van der Waals surface area contributed by atoms with E-state index in [0.717, 1.165) is 15.1 Å². The van der Waals surface area contributed by atoms with Gasteiger partial charge >= 0.3 is 0 Å². The summed E-state index contributed by atoms with van der Waals surface area (Å²) in [7, 11) is -3.75. The number of anilines is 2. The number of H-pyrrole nitrogens is 1. The van der Waals surface area contributed by atoms with Crippen LogP contribution in [0.4, 0.5) is 11.4 Å². The second kappa shape index (κ2) is 7.08. The summed E-state index contributed by atoms with van der Waals surface area (Å²) in [5.74, 6) is 0.0220. The average Bonchev–Trinajstić information content (AvgIpc) is 2.98. The van der Waals surface area contributed by atoms with E-state index in [0.29, 0.717) is 11.5 Å². The van der Waals surface area contributed by atoms with Crippen molar-refractivity contribution in [1.82, 2.24) is 19.6 Å². The van der Waals surface area contributed by atoms with Crippen molar-refractivity contribution in [2.24, 2.45) is 0 Å². The van der Waals surface area contributed by atoms with E-state index in [-0.39, 0.29) is 17.2 Å². The number of aromatic amines is 1. The lowest BCUT2D eigenvalue weighted by molar-refractivity contribution is -0.116. The molecule has 10 nitrogen and oxygen atoms in total. The van der Waals surface area contributed by atoms with Gasteiger partial charge in [-0.15, -0.1) is 0 Å². The van der Waals surface area contributed by atoms with Gasteiger partial charge in [0, 0.05) is 0 Å². The molecule has 0 bridgehead atoms. The molecule has 0 saturated heterocycles. The Bertz CT molecular complexity index is 1200. The van der Waals surface area contributed by atoms with E-state index >= 15 is 0 Å². The summed E-state index contributed by atoms with van der Waals surface area (Å²) in [6, 6.07) is 7.17. The summed E-state index contributed by atoms with van der Waals surface area (Å²) in [4.78, 5) is 33.7. The van der Waals surface area contributed by atoms with Gasteiger partial charge in [-0.1, -0.05) is 18.2 Å². The number of aryl methyl sites for hydroxylation is 2. The minimum absolute atomic E-state index is 0.0421. The van der Waals surface area contributed by atoms with Crippen LogP contribution in [0.5, 0.6) is 0 Å². The van der Waals surface area contributed by atoms with Crippen LogP contribution in [-0.4, -0.2) is 46.2 Å². The van der Waals surface area contributed by atoms with Crippen LogP contribution in [0.15, 0.2) is 35.1 Å². The topological polar surface area (TPSA) is 130 Å². The molecule has 3 aromatic rings. The maximum absolute atomic E-state index is 12.8. The third-order valence-electron chi connectivity index (χ3n) is 4.14. The first-order valence-corrected chi connectivity index (χ1v) is 10.3. The molecule has 0 aliphatic rings. The number of para-hydroxylation sites is 1. The Morgan fingerprint density at radius 1 is 1.21 bits per heavy atom. The van der Waals surface area contributed by atoms with Gasteiger partial charge in [0.2, 0.25) is 15.9 Å². The molecule has 0 aliphatic heterocycles. The van der Waals surface area contributed by atoms with E-state index < -0.39 is 27.5 Å². The van der Waals surface area contributed by atoms with Crippen molar-refractivity contribution >= 4 is 33.1 Å². The number of hydrogen-bond acceptors (Lipinski definition) is 6. The minimum Gasteiger partial charge on any atom is -0.318 e. The van der Waals surface area contributed by atoms with Crippen LogP contribution in [0.3, 0.4) is 0 Å². The monoisotopic (exact) mass is 404 g/mol. The number of nitrogens with zero attached hydrogens (tertiary/aromatic N) is 4. The normalized spacial score (nSPS) is 12.7. The number of rotatable bonds is 5. The Kier molecular flexibility index (Phi) is 4.94. The van der Waals surface area contributed by atoms with Crippen LogP contribution in [0.25, 0.3) is 5.78 Å². The number of nitrogens with one attached hydrogen (secondary N) is 2. The molecule has 1 amide bonds. The Hall–Kier alpha value is -3.21. The summed E-state index contributed by atoms with van der Waals surface area (Å²) >= 11 is 0. The van der Waals surface area contributed by atoms with Crippen LogP contribution < -0.4 is 15.2 Å². The maximum atomic E-state index is 12.8. The predicted octanol–water partition coefficient (Wildman–Crippen LogP) is 0.828. The molecule has 0 radical (unpaired) electrons. The standard InChI is InChI=1S/C17H20N6O4S/c1-10-14(16(25)22-17(18-10)19-12(3)21-22)20-15(24)11(2)23(28(4,26)27)13-8-6-5-7-9-13/h5-9,11H,1-4H3,(H,20,24)(H,18,19,21). The number of carbonyl (C=O) groups is 1. The smallest absolute Gasteiger partial charge is 0.298 e. The van der Waals surface area contributed by atoms with Gasteiger partial charge in [-0.05, 0) is 32.9 Å². The van der Waals surface area contributed by atoms with E-state index in [2.05, 4.69) is 20.4 Å². The minimum atomic E-state index is -3.75. The highest BCUT2D eigenvalue weighted by Gasteiger charge is 2.30. The van der Waals surface area contributed by atoms with Gasteiger partial charge in [0.05, 0.1) is 17.6 Å². The van der Waals surface area contributed by atoms with Gasteiger partial charge in [0.1, 0.15) is 17.6 Å². The first kappa shape index (κ1) is 19.5. The molecule has 2 heterocycles. The second-order valence-corrected chi connectivity index (χ2v) is 8.24. The molecule has 2 N–H and O–H groups in total. The van der Waals surface area contributed by atoms with E-state index in [9.17, 15) is 18.0 Å². The van der Waals surface area contributed by atoms with E-state index in [1.54, 1.807) is 44.2 Å². The van der Waals surface area contributed by atoms with Crippen LogP contribution in [0.2, 0.25) is 0 Å². The summed E-state index contributed by atoms with van der Waals surface area (Å²) < 4.78 is 26.7. The molecule has 1 unspecified atom stereocenters. The summed E-state index contributed by atoms with van der Waals surface area (Å²) in [6.45, 7) is 4.69. The lowest BCUT2D eigenvalue weighted by atomic mass is 10.2. The van der Waals surface area contributed by atoms with Gasteiger partial charge in [-0.25, -0.2) is 13.4 Å². The molecule has 3 rings (SSSR count). The van der Waals surface area contributed by atoms with Crippen molar-refractivity contribution in [2.45, 2.75) is 26.8 Å². The van der Waals surface area contributed by atoms with Crippen molar-refractivity contribution in [3.8, 4) is 0 Å². The molecule has 0 spiro atoms. The number of amides is 1. The van der Waals surface area contributed by atoms with Crippen LogP contribution in [0, 0.1) is 13.8 Å². The Morgan fingerprint density at radius 2 is 1.86 bits per heavy atom. The molecule has 0 aliphatic carbocycles.